The maximum Gasteiger partial charge on any atom is 1.00 e. The second kappa shape index (κ2) is 7.66. The van der Waals surface area contributed by atoms with Crippen molar-refractivity contribution in [2.75, 3.05) is 6.61 Å². The molecule has 17 heavy (non-hydrogen) atoms. The van der Waals surface area contributed by atoms with Crippen LogP contribution < -0.4 is 18.9 Å². The predicted octanol–water partition coefficient (Wildman–Crippen LogP) is -1.77. The molecule has 0 fully saturated rings. The quantitative estimate of drug-likeness (QED) is 0.217. The number of carbonyl (C=O) groups is 2. The van der Waals surface area contributed by atoms with Crippen molar-refractivity contribution >= 4 is 17.5 Å². The molecule has 0 saturated carbocycles. The van der Waals surface area contributed by atoms with Gasteiger partial charge in [0.2, 0.25) is 0 Å². The number of aliphatic hydroxyl groups excluding tert-OH is 1. The van der Waals surface area contributed by atoms with Crippen molar-refractivity contribution in [3.05, 3.63) is 36.2 Å². The maximum absolute atomic E-state index is 11.2. The molecule has 1 N–H and O–H groups in total. The van der Waals surface area contributed by atoms with Crippen LogP contribution in [0.4, 0.5) is 0 Å². The number of pyridine rings is 1. The second-order valence-corrected chi connectivity index (χ2v) is 2.85. The Balaban J connectivity index is 0. The average molecular weight is 229 g/mol. The molecule has 5 nitrogen and oxygen atoms in total. The Morgan fingerprint density at radius 3 is 2.59 bits per heavy atom. The van der Waals surface area contributed by atoms with Gasteiger partial charge in [-0.2, -0.15) is 0 Å². The van der Waals surface area contributed by atoms with E-state index in [-0.39, 0.29) is 32.7 Å². The fraction of sp³-hybridized carbons (Fsp3) is 0.182. The molecule has 1 heterocycles. The Morgan fingerprint density at radius 2 is 2.06 bits per heavy atom. The molecule has 0 spiro atoms. The molecule has 0 aliphatic carbocycles. The Hall–Kier alpha value is -1.57. The van der Waals surface area contributed by atoms with Crippen LogP contribution in [0.1, 0.15) is 13.9 Å². The molecular weight excluding hydrogens is 217 g/mol. The summed E-state index contributed by atoms with van der Waals surface area (Å²) in [5, 5.41) is 9.51. The fourth-order valence-corrected chi connectivity index (χ4v) is 0.991. The number of hydrogen-bond donors (Lipinski definition) is 1. The van der Waals surface area contributed by atoms with Gasteiger partial charge in [-0.05, 0) is 19.1 Å². The van der Waals surface area contributed by atoms with E-state index in [9.17, 15) is 14.7 Å². The molecule has 0 aliphatic rings. The maximum atomic E-state index is 11.2. The van der Waals surface area contributed by atoms with Gasteiger partial charge in [0.1, 0.15) is 5.76 Å². The summed E-state index contributed by atoms with van der Waals surface area (Å²) < 4.78 is 4.48. The van der Waals surface area contributed by atoms with E-state index in [0.717, 1.165) is 6.08 Å². The number of rotatable bonds is 4. The average Bonchev–Trinajstić information content (AvgIpc) is 2.30. The molecule has 86 valence electrons. The van der Waals surface area contributed by atoms with Crippen LogP contribution >= 0.6 is 0 Å². The number of hydrogen-bond acceptors (Lipinski definition) is 5. The molecule has 0 bridgehead atoms. The van der Waals surface area contributed by atoms with Crippen molar-refractivity contribution in [3.8, 4) is 0 Å². The third kappa shape index (κ3) is 4.85. The number of aliphatic hydroxyl groups is 1. The molecule has 1 aromatic rings. The minimum absolute atomic E-state index is 0. The number of esters is 1. The summed E-state index contributed by atoms with van der Waals surface area (Å²) in [7, 11) is 0. The van der Waals surface area contributed by atoms with Gasteiger partial charge in [-0.15, -0.1) is 0 Å². The summed E-state index contributed by atoms with van der Waals surface area (Å²) in [5.41, 5.74) is 0.410. The molecule has 6 heteroatoms. The summed E-state index contributed by atoms with van der Waals surface area (Å²) in [4.78, 5) is 25.9. The van der Waals surface area contributed by atoms with Gasteiger partial charge in [-0.25, -0.2) is 4.79 Å². The van der Waals surface area contributed by atoms with E-state index in [1.165, 1.54) is 24.5 Å². The van der Waals surface area contributed by atoms with E-state index in [1.54, 1.807) is 6.92 Å². The van der Waals surface area contributed by atoms with Crippen LogP contribution in [0.5, 0.6) is 0 Å². The van der Waals surface area contributed by atoms with Crippen LogP contribution in [0.3, 0.4) is 0 Å². The topological polar surface area (TPSA) is 76.5 Å². The zero-order valence-corrected chi connectivity index (χ0v) is 9.71. The van der Waals surface area contributed by atoms with Crippen molar-refractivity contribution in [1.29, 1.82) is 0 Å². The first kappa shape index (κ1) is 15.4. The SMILES string of the molecule is CCOC(=O)C(=O)C=C(O)c1ccncc1.[H-].[Li+]. The van der Waals surface area contributed by atoms with Gasteiger partial charge in [0, 0.05) is 24.0 Å². The zero-order chi connectivity index (χ0) is 12.0. The summed E-state index contributed by atoms with van der Waals surface area (Å²) in [5.74, 6) is -2.17. The number of carbonyl (C=O) groups excluding carboxylic acids is 2. The van der Waals surface area contributed by atoms with Gasteiger partial charge in [0.15, 0.2) is 0 Å². The van der Waals surface area contributed by atoms with Crippen LogP contribution in [0.25, 0.3) is 5.76 Å². The predicted molar refractivity (Wildman–Crippen MR) is 57.6 cm³/mol. The van der Waals surface area contributed by atoms with Gasteiger partial charge < -0.3 is 11.3 Å². The van der Waals surface area contributed by atoms with Gasteiger partial charge in [0.05, 0.1) is 6.61 Å². The smallest absolute Gasteiger partial charge is 1.00 e. The van der Waals surface area contributed by atoms with Crippen molar-refractivity contribution in [1.82, 2.24) is 4.98 Å². The van der Waals surface area contributed by atoms with Crippen LogP contribution in [0, 0.1) is 0 Å². The molecule has 0 aromatic carbocycles. The Kier molecular flexibility index (Phi) is 6.95. The van der Waals surface area contributed by atoms with Gasteiger partial charge in [-0.3, -0.25) is 9.78 Å². The number of ketones is 1. The zero-order valence-electron chi connectivity index (χ0n) is 10.7. The van der Waals surface area contributed by atoms with E-state index < -0.39 is 11.8 Å². The summed E-state index contributed by atoms with van der Waals surface area (Å²) in [6.45, 7) is 1.71. The first-order chi connectivity index (χ1) is 7.65. The van der Waals surface area contributed by atoms with Crippen molar-refractivity contribution in [2.24, 2.45) is 0 Å². The number of aromatic nitrogens is 1. The minimum Gasteiger partial charge on any atom is -1.00 e. The molecule has 0 saturated heterocycles. The molecule has 0 amide bonds. The standard InChI is InChI=1S/C11H11NO4.Li.H/c1-2-16-11(15)10(14)7-9(13)8-3-5-12-6-4-8;;/h3-7,13H,2H2,1H3;;/q;+1;-1. The normalized spacial score (nSPS) is 10.3. The van der Waals surface area contributed by atoms with Gasteiger partial charge >= 0.3 is 24.8 Å². The van der Waals surface area contributed by atoms with E-state index in [2.05, 4.69) is 9.72 Å². The summed E-state index contributed by atoms with van der Waals surface area (Å²) >= 11 is 0. The van der Waals surface area contributed by atoms with Crippen molar-refractivity contribution in [2.45, 2.75) is 6.92 Å². The van der Waals surface area contributed by atoms with Crippen molar-refractivity contribution < 1.29 is 39.7 Å². The minimum atomic E-state index is -0.983. The van der Waals surface area contributed by atoms with E-state index in [1.807, 2.05) is 0 Å². The molecular formula is C11H12LiNO4. The van der Waals surface area contributed by atoms with Gasteiger partial charge in [0.25, 0.3) is 5.78 Å². The first-order valence-electron chi connectivity index (χ1n) is 4.67. The third-order valence-corrected chi connectivity index (χ3v) is 1.72. The number of ether oxygens (including phenoxy) is 1. The van der Waals surface area contributed by atoms with E-state index in [0.29, 0.717) is 5.56 Å². The summed E-state index contributed by atoms with van der Waals surface area (Å²) in [6, 6.07) is 3.04. The third-order valence-electron chi connectivity index (χ3n) is 1.72. The number of nitrogens with zero attached hydrogens (tertiary/aromatic N) is 1. The van der Waals surface area contributed by atoms with Crippen LogP contribution in [-0.2, 0) is 14.3 Å². The van der Waals surface area contributed by atoms with Crippen LogP contribution in [0.2, 0.25) is 0 Å². The molecule has 0 radical (unpaired) electrons. The van der Waals surface area contributed by atoms with E-state index >= 15 is 0 Å². The molecule has 0 atom stereocenters. The van der Waals surface area contributed by atoms with Crippen LogP contribution in [-0.4, -0.2) is 28.4 Å². The van der Waals surface area contributed by atoms with Gasteiger partial charge in [-0.1, -0.05) is 0 Å². The first-order valence-corrected chi connectivity index (χ1v) is 4.67. The van der Waals surface area contributed by atoms with E-state index in [4.69, 9.17) is 0 Å². The molecule has 0 aliphatic heterocycles. The molecule has 0 unspecified atom stereocenters. The molecule has 1 aromatic heterocycles. The Bertz CT molecular complexity index is 422. The van der Waals surface area contributed by atoms with Crippen LogP contribution in [0.15, 0.2) is 30.6 Å². The molecule has 1 rings (SSSR count). The Labute approximate surface area is 112 Å². The van der Waals surface area contributed by atoms with Crippen molar-refractivity contribution in [3.63, 3.8) is 0 Å². The summed E-state index contributed by atoms with van der Waals surface area (Å²) in [6.07, 6.45) is 3.76. The monoisotopic (exact) mass is 229 g/mol. The fourth-order valence-electron chi connectivity index (χ4n) is 0.991. The Morgan fingerprint density at radius 1 is 1.47 bits per heavy atom. The second-order valence-electron chi connectivity index (χ2n) is 2.85. The largest absolute Gasteiger partial charge is 1.00 e.